The van der Waals surface area contributed by atoms with Crippen LogP contribution in [-0.4, -0.2) is 23.6 Å². The Morgan fingerprint density at radius 3 is 2.14 bits per heavy atom. The van der Waals surface area contributed by atoms with Gasteiger partial charge in [-0.2, -0.15) is 0 Å². The molecule has 2 aromatic rings. The molecule has 0 fully saturated rings. The van der Waals surface area contributed by atoms with Crippen LogP contribution in [0.3, 0.4) is 0 Å². The van der Waals surface area contributed by atoms with Crippen LogP contribution in [0.2, 0.25) is 0 Å². The topological polar surface area (TPSA) is 61.0 Å². The molecule has 0 saturated carbocycles. The normalized spacial score (nSPS) is 12.2. The first-order chi connectivity index (χ1) is 10.0. The molecule has 1 atom stereocenters. The molecule has 2 N–H and O–H groups in total. The van der Waals surface area contributed by atoms with Gasteiger partial charge in [-0.25, -0.2) is 9.97 Å². The molecule has 4 nitrogen and oxygen atoms in total. The van der Waals surface area contributed by atoms with E-state index in [0.717, 1.165) is 33.4 Å². The molecule has 1 aromatic heterocycles. The van der Waals surface area contributed by atoms with Crippen LogP contribution in [0.15, 0.2) is 29.4 Å². The summed E-state index contributed by atoms with van der Waals surface area (Å²) in [5.41, 5.74) is 10.3. The number of ether oxygens (including phenoxy) is 1. The van der Waals surface area contributed by atoms with Gasteiger partial charge < -0.3 is 10.5 Å². The second-order valence-corrected chi connectivity index (χ2v) is 6.09. The van der Waals surface area contributed by atoms with Crippen molar-refractivity contribution in [1.82, 2.24) is 9.97 Å². The van der Waals surface area contributed by atoms with Crippen molar-refractivity contribution in [3.63, 3.8) is 0 Å². The highest BCUT2D eigenvalue weighted by molar-refractivity contribution is 7.99. The van der Waals surface area contributed by atoms with E-state index in [1.54, 1.807) is 18.9 Å². The highest BCUT2D eigenvalue weighted by atomic mass is 32.2. The maximum atomic E-state index is 5.92. The number of benzene rings is 1. The van der Waals surface area contributed by atoms with E-state index < -0.39 is 0 Å². The molecule has 0 aliphatic heterocycles. The molecule has 1 unspecified atom stereocenters. The number of methoxy groups -OCH3 is 1. The highest BCUT2D eigenvalue weighted by Gasteiger charge is 2.15. The van der Waals surface area contributed by atoms with Crippen LogP contribution in [0, 0.1) is 20.8 Å². The predicted molar refractivity (Wildman–Crippen MR) is 86.9 cm³/mol. The van der Waals surface area contributed by atoms with E-state index in [2.05, 4.69) is 9.97 Å². The van der Waals surface area contributed by atoms with E-state index in [4.69, 9.17) is 10.5 Å². The molecule has 5 heteroatoms. The molecule has 0 amide bonds. The van der Waals surface area contributed by atoms with Crippen molar-refractivity contribution in [2.24, 2.45) is 5.73 Å². The number of nitrogens with zero attached hydrogens (tertiary/aromatic N) is 2. The molecule has 0 spiro atoms. The van der Waals surface area contributed by atoms with Crippen molar-refractivity contribution in [2.75, 3.05) is 13.7 Å². The van der Waals surface area contributed by atoms with Crippen molar-refractivity contribution < 1.29 is 4.74 Å². The third-order valence-corrected chi connectivity index (χ3v) is 4.70. The second-order valence-electron chi connectivity index (χ2n) is 4.92. The van der Waals surface area contributed by atoms with Gasteiger partial charge in [0.2, 0.25) is 0 Å². The molecule has 21 heavy (non-hydrogen) atoms. The smallest absolute Gasteiger partial charge is 0.188 e. The zero-order chi connectivity index (χ0) is 15.4. The van der Waals surface area contributed by atoms with Gasteiger partial charge in [-0.1, -0.05) is 23.9 Å². The average molecular weight is 303 g/mol. The monoisotopic (exact) mass is 303 g/mol. The van der Waals surface area contributed by atoms with Gasteiger partial charge in [0.05, 0.1) is 7.11 Å². The summed E-state index contributed by atoms with van der Waals surface area (Å²) in [7, 11) is 1.66. The second kappa shape index (κ2) is 6.91. The molecule has 0 saturated heterocycles. The Morgan fingerprint density at radius 1 is 1.10 bits per heavy atom. The van der Waals surface area contributed by atoms with Crippen LogP contribution in [0.1, 0.15) is 27.8 Å². The average Bonchev–Trinajstić information content (AvgIpc) is 2.50. The maximum Gasteiger partial charge on any atom is 0.188 e. The van der Waals surface area contributed by atoms with Crippen molar-refractivity contribution >= 4 is 11.8 Å². The zero-order valence-corrected chi connectivity index (χ0v) is 13.7. The quantitative estimate of drug-likeness (QED) is 0.679. The first-order valence-electron chi connectivity index (χ1n) is 6.87. The zero-order valence-electron chi connectivity index (χ0n) is 12.9. The lowest BCUT2D eigenvalue weighted by Crippen LogP contribution is -2.10. The molecule has 0 bridgehead atoms. The molecule has 1 heterocycles. The fourth-order valence-corrected chi connectivity index (χ4v) is 3.02. The number of aromatic nitrogens is 2. The van der Waals surface area contributed by atoms with Gasteiger partial charge in [0.15, 0.2) is 5.16 Å². The van der Waals surface area contributed by atoms with E-state index in [9.17, 15) is 0 Å². The third-order valence-electron chi connectivity index (χ3n) is 3.56. The molecule has 0 aliphatic rings. The van der Waals surface area contributed by atoms with E-state index >= 15 is 0 Å². The molecule has 112 valence electrons. The number of aryl methyl sites for hydroxylation is 2. The fraction of sp³-hybridized carbons (Fsp3) is 0.375. The highest BCUT2D eigenvalue weighted by Crippen LogP contribution is 2.33. The minimum Gasteiger partial charge on any atom is -0.497 e. The van der Waals surface area contributed by atoms with Gasteiger partial charge in [0.25, 0.3) is 0 Å². The molecule has 0 radical (unpaired) electrons. The van der Waals surface area contributed by atoms with Crippen molar-refractivity contribution in [1.29, 1.82) is 0 Å². The van der Waals surface area contributed by atoms with E-state index in [0.29, 0.717) is 6.54 Å². The number of thioether (sulfide) groups is 1. The van der Waals surface area contributed by atoms with Crippen molar-refractivity contribution in [2.45, 2.75) is 31.2 Å². The Labute approximate surface area is 130 Å². The lowest BCUT2D eigenvalue weighted by molar-refractivity contribution is 0.414. The molecular weight excluding hydrogens is 282 g/mol. The summed E-state index contributed by atoms with van der Waals surface area (Å²) in [4.78, 5) is 9.10. The number of hydrogen-bond donors (Lipinski definition) is 1. The number of nitrogens with two attached hydrogens (primary N) is 1. The summed E-state index contributed by atoms with van der Waals surface area (Å²) < 4.78 is 5.18. The first kappa shape index (κ1) is 15.8. The Bertz CT molecular complexity index is 590. The van der Waals surface area contributed by atoms with Crippen LogP contribution in [0.5, 0.6) is 5.75 Å². The van der Waals surface area contributed by atoms with Crippen molar-refractivity contribution in [3.8, 4) is 5.75 Å². The Balaban J connectivity index is 2.22. The van der Waals surface area contributed by atoms with Gasteiger partial charge in [-0.05, 0) is 44.0 Å². The summed E-state index contributed by atoms with van der Waals surface area (Å²) in [5, 5.41) is 0.916. The number of rotatable bonds is 5. The van der Waals surface area contributed by atoms with E-state index in [-0.39, 0.29) is 5.25 Å². The minimum absolute atomic E-state index is 0.136. The summed E-state index contributed by atoms with van der Waals surface area (Å²) in [5.74, 6) is 0.845. The van der Waals surface area contributed by atoms with Gasteiger partial charge in [0, 0.05) is 23.2 Å². The number of hydrogen-bond acceptors (Lipinski definition) is 5. The fourth-order valence-electron chi connectivity index (χ4n) is 1.99. The summed E-state index contributed by atoms with van der Waals surface area (Å²) in [6.45, 7) is 6.60. The van der Waals surface area contributed by atoms with Crippen LogP contribution >= 0.6 is 11.8 Å². The van der Waals surface area contributed by atoms with Crippen LogP contribution in [0.4, 0.5) is 0 Å². The van der Waals surface area contributed by atoms with Gasteiger partial charge in [-0.3, -0.25) is 0 Å². The van der Waals surface area contributed by atoms with Crippen molar-refractivity contribution in [3.05, 3.63) is 46.8 Å². The van der Waals surface area contributed by atoms with Crippen LogP contribution in [-0.2, 0) is 0 Å². The summed E-state index contributed by atoms with van der Waals surface area (Å²) in [6.07, 6.45) is 0. The van der Waals surface area contributed by atoms with Crippen LogP contribution in [0.25, 0.3) is 0 Å². The Kier molecular flexibility index (Phi) is 5.20. The van der Waals surface area contributed by atoms with E-state index in [1.165, 1.54) is 0 Å². The Morgan fingerprint density at radius 2 is 1.67 bits per heavy atom. The largest absolute Gasteiger partial charge is 0.497 e. The summed E-state index contributed by atoms with van der Waals surface area (Å²) in [6, 6.07) is 7.98. The molecular formula is C16H21N3OS. The lowest BCUT2D eigenvalue weighted by atomic mass is 10.1. The van der Waals surface area contributed by atoms with E-state index in [1.807, 2.05) is 45.0 Å². The third kappa shape index (κ3) is 3.74. The lowest BCUT2D eigenvalue weighted by Gasteiger charge is -2.15. The summed E-state index contributed by atoms with van der Waals surface area (Å²) >= 11 is 1.60. The standard InChI is InChI=1S/C16H21N3OS/c1-10-11(2)18-16(19-12(10)3)21-15(9-17)13-5-7-14(20-4)8-6-13/h5-8,15H,9,17H2,1-4H3. The minimum atomic E-state index is 0.136. The van der Waals surface area contributed by atoms with Gasteiger partial charge in [-0.15, -0.1) is 0 Å². The van der Waals surface area contributed by atoms with Crippen LogP contribution < -0.4 is 10.5 Å². The molecule has 0 aliphatic carbocycles. The van der Waals surface area contributed by atoms with Gasteiger partial charge in [0.1, 0.15) is 5.75 Å². The molecule has 1 aromatic carbocycles. The first-order valence-corrected chi connectivity index (χ1v) is 7.75. The molecule has 2 rings (SSSR count). The predicted octanol–water partition coefficient (Wildman–Crippen LogP) is 3.20. The SMILES string of the molecule is COc1ccc(C(CN)Sc2nc(C)c(C)c(C)n2)cc1. The van der Waals surface area contributed by atoms with Gasteiger partial charge >= 0.3 is 0 Å². The maximum absolute atomic E-state index is 5.92. The Hall–Kier alpha value is -1.59.